The van der Waals surface area contributed by atoms with E-state index >= 15 is 0 Å². The van der Waals surface area contributed by atoms with Gasteiger partial charge in [-0.05, 0) is 26.0 Å². The molecule has 1 heterocycles. The molecule has 1 aromatic carbocycles. The Morgan fingerprint density at radius 2 is 1.73 bits per heavy atom. The zero-order valence-electron chi connectivity index (χ0n) is 15.0. The molecule has 0 radical (unpaired) electrons. The number of aromatic nitrogens is 1. The topological polar surface area (TPSA) is 120 Å². The van der Waals surface area contributed by atoms with Crippen molar-refractivity contribution in [2.45, 2.75) is 18.7 Å². The molecule has 10 heteroatoms. The second-order valence-electron chi connectivity index (χ2n) is 5.41. The first-order chi connectivity index (χ1) is 12.3. The van der Waals surface area contributed by atoms with Crippen LogP contribution in [0.4, 0.5) is 0 Å². The summed E-state index contributed by atoms with van der Waals surface area (Å²) in [7, 11) is -0.788. The van der Waals surface area contributed by atoms with Gasteiger partial charge < -0.3 is 19.3 Å². The number of hydrogen-bond donors (Lipinski definition) is 2. The number of amides is 1. The molecule has 26 heavy (non-hydrogen) atoms. The molecule has 0 aliphatic rings. The molecule has 0 aliphatic heterocycles. The maximum atomic E-state index is 12.3. The number of rotatable bonds is 8. The number of nitrogens with one attached hydrogen (secondary N) is 2. The lowest BCUT2D eigenvalue weighted by Crippen LogP contribution is -2.35. The molecule has 0 atom stereocenters. The van der Waals surface area contributed by atoms with Crippen molar-refractivity contribution in [2.24, 2.45) is 0 Å². The third kappa shape index (κ3) is 4.52. The van der Waals surface area contributed by atoms with Gasteiger partial charge in [0.1, 0.15) is 22.1 Å². The first kappa shape index (κ1) is 19.7. The van der Waals surface area contributed by atoms with Crippen LogP contribution in [0.5, 0.6) is 11.5 Å². The maximum Gasteiger partial charge on any atom is 0.251 e. The molecule has 2 N–H and O–H groups in total. The highest BCUT2D eigenvalue weighted by molar-refractivity contribution is 7.89. The highest BCUT2D eigenvalue weighted by Crippen LogP contribution is 2.22. The van der Waals surface area contributed by atoms with Gasteiger partial charge in [0.25, 0.3) is 5.91 Å². The fraction of sp³-hybridized carbons (Fsp3) is 0.375. The fourth-order valence-corrected chi connectivity index (χ4v) is 3.69. The summed E-state index contributed by atoms with van der Waals surface area (Å²) in [5.41, 5.74) is 0.622. The molecule has 142 valence electrons. The van der Waals surface area contributed by atoms with Crippen LogP contribution in [0.25, 0.3) is 0 Å². The average molecular weight is 383 g/mol. The van der Waals surface area contributed by atoms with Crippen LogP contribution in [0.1, 0.15) is 21.8 Å². The molecule has 0 saturated heterocycles. The number of aryl methyl sites for hydroxylation is 2. The summed E-state index contributed by atoms with van der Waals surface area (Å²) < 4.78 is 42.0. The summed E-state index contributed by atoms with van der Waals surface area (Å²) >= 11 is 0. The van der Waals surface area contributed by atoms with Crippen LogP contribution < -0.4 is 19.5 Å². The lowest BCUT2D eigenvalue weighted by atomic mass is 10.2. The van der Waals surface area contributed by atoms with Gasteiger partial charge >= 0.3 is 0 Å². The van der Waals surface area contributed by atoms with Crippen LogP contribution in [0, 0.1) is 13.8 Å². The molecule has 9 nitrogen and oxygen atoms in total. The van der Waals surface area contributed by atoms with E-state index in [9.17, 15) is 13.2 Å². The molecule has 0 saturated carbocycles. The second kappa shape index (κ2) is 8.19. The van der Waals surface area contributed by atoms with Crippen LogP contribution >= 0.6 is 0 Å². The smallest absolute Gasteiger partial charge is 0.251 e. The van der Waals surface area contributed by atoms with Crippen LogP contribution in [-0.4, -0.2) is 46.8 Å². The number of carbonyl (C=O) groups is 1. The number of hydrogen-bond acceptors (Lipinski definition) is 7. The Labute approximate surface area is 151 Å². The standard InChI is InChI=1S/C16H21N3O6S/c1-10-15(11(2)25-19-10)26(21,22)18-6-5-17-16(20)12-7-13(23-3)9-14(8-12)24-4/h7-9,18H,5-6H2,1-4H3,(H,17,20). The van der Waals surface area contributed by atoms with Crippen molar-refractivity contribution in [3.05, 3.63) is 35.2 Å². The van der Waals surface area contributed by atoms with Crippen molar-refractivity contribution >= 4 is 15.9 Å². The van der Waals surface area contributed by atoms with Gasteiger partial charge in [-0.3, -0.25) is 4.79 Å². The van der Waals surface area contributed by atoms with Gasteiger partial charge in [0, 0.05) is 24.7 Å². The van der Waals surface area contributed by atoms with Crippen molar-refractivity contribution in [1.29, 1.82) is 0 Å². The highest BCUT2D eigenvalue weighted by atomic mass is 32.2. The first-order valence-corrected chi connectivity index (χ1v) is 9.20. The third-order valence-electron chi connectivity index (χ3n) is 3.55. The Morgan fingerprint density at radius 1 is 1.12 bits per heavy atom. The monoisotopic (exact) mass is 383 g/mol. The number of methoxy groups -OCH3 is 2. The normalized spacial score (nSPS) is 11.2. The van der Waals surface area contributed by atoms with Gasteiger partial charge in [0.2, 0.25) is 10.0 Å². The lowest BCUT2D eigenvalue weighted by molar-refractivity contribution is 0.0953. The molecule has 2 aromatic rings. The van der Waals surface area contributed by atoms with E-state index in [1.54, 1.807) is 25.1 Å². The van der Waals surface area contributed by atoms with Gasteiger partial charge in [-0.2, -0.15) is 0 Å². The molecule has 0 aliphatic carbocycles. The van der Waals surface area contributed by atoms with Crippen molar-refractivity contribution in [2.75, 3.05) is 27.3 Å². The van der Waals surface area contributed by atoms with Gasteiger partial charge in [-0.25, -0.2) is 13.1 Å². The Balaban J connectivity index is 1.95. The van der Waals surface area contributed by atoms with Gasteiger partial charge in [0.05, 0.1) is 14.2 Å². The summed E-state index contributed by atoms with van der Waals surface area (Å²) in [4.78, 5) is 12.2. The van der Waals surface area contributed by atoms with Crippen LogP contribution in [-0.2, 0) is 10.0 Å². The molecule has 2 rings (SSSR count). The summed E-state index contributed by atoms with van der Waals surface area (Å²) in [5.74, 6) is 0.795. The first-order valence-electron chi connectivity index (χ1n) is 7.72. The summed E-state index contributed by atoms with van der Waals surface area (Å²) in [6, 6.07) is 4.77. The predicted molar refractivity (Wildman–Crippen MR) is 93.0 cm³/mol. The Bertz CT molecular complexity index is 850. The molecule has 0 fully saturated rings. The summed E-state index contributed by atoms with van der Waals surface area (Å²) in [5, 5.41) is 6.26. The maximum absolute atomic E-state index is 12.3. The van der Waals surface area contributed by atoms with E-state index in [-0.39, 0.29) is 35.3 Å². The minimum Gasteiger partial charge on any atom is -0.497 e. The van der Waals surface area contributed by atoms with Gasteiger partial charge in [0.15, 0.2) is 5.76 Å². The molecule has 0 bridgehead atoms. The Kier molecular flexibility index (Phi) is 6.22. The molecule has 1 aromatic heterocycles. The molecule has 1 amide bonds. The van der Waals surface area contributed by atoms with E-state index in [0.29, 0.717) is 17.1 Å². The zero-order valence-corrected chi connectivity index (χ0v) is 15.8. The number of carbonyl (C=O) groups excluding carboxylic acids is 1. The van der Waals surface area contributed by atoms with Crippen LogP contribution in [0.2, 0.25) is 0 Å². The second-order valence-corrected chi connectivity index (χ2v) is 7.11. The van der Waals surface area contributed by atoms with Crippen molar-refractivity contribution < 1.29 is 27.2 Å². The number of benzene rings is 1. The number of ether oxygens (including phenoxy) is 2. The van der Waals surface area contributed by atoms with E-state index in [0.717, 1.165) is 0 Å². The van der Waals surface area contributed by atoms with E-state index < -0.39 is 10.0 Å². The minimum absolute atomic E-state index is 0.0131. The largest absolute Gasteiger partial charge is 0.497 e. The predicted octanol–water partition coefficient (Wildman–Crippen LogP) is 1.02. The van der Waals surface area contributed by atoms with E-state index in [2.05, 4.69) is 15.2 Å². The quantitative estimate of drug-likeness (QED) is 0.653. The van der Waals surface area contributed by atoms with E-state index in [1.807, 2.05) is 0 Å². The summed E-state index contributed by atoms with van der Waals surface area (Å²) in [6.45, 7) is 3.18. The Morgan fingerprint density at radius 3 is 2.23 bits per heavy atom. The van der Waals surface area contributed by atoms with Crippen LogP contribution in [0.15, 0.2) is 27.6 Å². The van der Waals surface area contributed by atoms with E-state index in [1.165, 1.54) is 21.1 Å². The zero-order chi connectivity index (χ0) is 19.3. The summed E-state index contributed by atoms with van der Waals surface area (Å²) in [6.07, 6.45) is 0. The molecule has 0 unspecified atom stereocenters. The molecule has 0 spiro atoms. The van der Waals surface area contributed by atoms with E-state index in [4.69, 9.17) is 14.0 Å². The average Bonchev–Trinajstić information content (AvgIpc) is 2.97. The fourth-order valence-electron chi connectivity index (χ4n) is 2.33. The highest BCUT2D eigenvalue weighted by Gasteiger charge is 2.23. The van der Waals surface area contributed by atoms with Gasteiger partial charge in [-0.1, -0.05) is 5.16 Å². The van der Waals surface area contributed by atoms with Gasteiger partial charge in [-0.15, -0.1) is 0 Å². The molecular weight excluding hydrogens is 362 g/mol. The van der Waals surface area contributed by atoms with Crippen molar-refractivity contribution in [1.82, 2.24) is 15.2 Å². The third-order valence-corrected chi connectivity index (χ3v) is 5.26. The lowest BCUT2D eigenvalue weighted by Gasteiger charge is -2.10. The van der Waals surface area contributed by atoms with Crippen molar-refractivity contribution in [3.63, 3.8) is 0 Å². The number of sulfonamides is 1. The van der Waals surface area contributed by atoms with Crippen LogP contribution in [0.3, 0.4) is 0 Å². The SMILES string of the molecule is COc1cc(OC)cc(C(=O)NCCNS(=O)(=O)c2c(C)noc2C)c1. The Hall–Kier alpha value is -2.59. The molecular formula is C16H21N3O6S. The van der Waals surface area contributed by atoms with Crippen molar-refractivity contribution in [3.8, 4) is 11.5 Å². The minimum atomic E-state index is -3.76. The number of nitrogens with zero attached hydrogens (tertiary/aromatic N) is 1.